The maximum absolute atomic E-state index is 10.8. The van der Waals surface area contributed by atoms with E-state index in [0.29, 0.717) is 12.1 Å². The summed E-state index contributed by atoms with van der Waals surface area (Å²) in [5, 5.41) is 21.0. The van der Waals surface area contributed by atoms with Crippen LogP contribution in [-0.2, 0) is 6.54 Å². The van der Waals surface area contributed by atoms with E-state index in [-0.39, 0.29) is 5.69 Å². The topological polar surface area (TPSA) is 67.8 Å². The van der Waals surface area contributed by atoms with Gasteiger partial charge in [-0.1, -0.05) is 42.5 Å². The van der Waals surface area contributed by atoms with Crippen molar-refractivity contribution in [2.45, 2.75) is 12.6 Å². The largest absolute Gasteiger partial charge is 0.382 e. The third-order valence-electron chi connectivity index (χ3n) is 3.36. The number of nitro groups is 1. The molecule has 0 fully saturated rings. The quantitative estimate of drug-likeness (QED) is 0.622. The number of benzene rings is 2. The zero-order chi connectivity index (χ0) is 15.2. The minimum atomic E-state index is -0.714. The second-order valence-electron chi connectivity index (χ2n) is 5.19. The second kappa shape index (κ2) is 6.97. The fraction of sp³-hybridized carbons (Fsp3) is 0.250. The van der Waals surface area contributed by atoms with Gasteiger partial charge in [-0.15, -0.1) is 0 Å². The smallest absolute Gasteiger partial charge is 0.269 e. The summed E-state index contributed by atoms with van der Waals surface area (Å²) in [6.45, 7) is 1.29. The Balaban J connectivity index is 1.99. The highest BCUT2D eigenvalue weighted by Crippen LogP contribution is 2.18. The third-order valence-corrected chi connectivity index (χ3v) is 3.36. The van der Waals surface area contributed by atoms with E-state index in [4.69, 9.17) is 0 Å². The molecular weight excluding hydrogens is 268 g/mol. The normalized spacial score (nSPS) is 13.6. The molecule has 0 saturated heterocycles. The molecule has 2 aromatic rings. The number of nitrogens with one attached hydrogen (secondary N) is 1. The number of nitrogens with zero attached hydrogens (tertiary/aromatic N) is 1. The summed E-state index contributed by atoms with van der Waals surface area (Å²) in [6.07, 6.45) is -0.714. The predicted octanol–water partition coefficient (Wildman–Crippen LogP) is 1.34. The first-order chi connectivity index (χ1) is 10.1. The molecule has 5 nitrogen and oxygen atoms in total. The minimum absolute atomic E-state index is 0.00672. The van der Waals surface area contributed by atoms with Crippen molar-refractivity contribution in [2.75, 3.05) is 13.6 Å². The predicted molar refractivity (Wildman–Crippen MR) is 80.0 cm³/mol. The average Bonchev–Trinajstić information content (AvgIpc) is 2.48. The molecule has 2 N–H and O–H groups in total. The van der Waals surface area contributed by atoms with Crippen LogP contribution in [-0.4, -0.2) is 23.6 Å². The van der Waals surface area contributed by atoms with Crippen LogP contribution in [0.4, 0.5) is 5.69 Å². The molecule has 0 aliphatic heterocycles. The zero-order valence-electron chi connectivity index (χ0n) is 11.9. The van der Waals surface area contributed by atoms with Gasteiger partial charge in [-0.25, -0.2) is 0 Å². The van der Waals surface area contributed by atoms with E-state index in [1.165, 1.54) is 17.7 Å². The van der Waals surface area contributed by atoms with Gasteiger partial charge in [-0.3, -0.25) is 10.1 Å². The van der Waals surface area contributed by atoms with Gasteiger partial charge in [0.15, 0.2) is 0 Å². The molecule has 0 spiro atoms. The lowest BCUT2D eigenvalue weighted by atomic mass is 10.1. The van der Waals surface area contributed by atoms with E-state index in [0.717, 1.165) is 11.4 Å². The second-order valence-corrected chi connectivity index (χ2v) is 5.19. The van der Waals surface area contributed by atoms with Gasteiger partial charge in [0.2, 0.25) is 0 Å². The van der Waals surface area contributed by atoms with Crippen molar-refractivity contribution < 1.29 is 14.9 Å². The van der Waals surface area contributed by atoms with Crippen LogP contribution >= 0.6 is 0 Å². The summed E-state index contributed by atoms with van der Waals surface area (Å²) in [5.41, 5.74) is 1.78. The summed E-state index contributed by atoms with van der Waals surface area (Å²) in [6, 6.07) is 16.2. The van der Waals surface area contributed by atoms with Crippen molar-refractivity contribution in [3.8, 4) is 0 Å². The molecule has 2 atom stereocenters. The van der Waals surface area contributed by atoms with Crippen molar-refractivity contribution in [1.82, 2.24) is 0 Å². The Morgan fingerprint density at radius 1 is 1.19 bits per heavy atom. The van der Waals surface area contributed by atoms with Gasteiger partial charge in [0, 0.05) is 17.7 Å². The van der Waals surface area contributed by atoms with Crippen LogP contribution in [0.2, 0.25) is 0 Å². The minimum Gasteiger partial charge on any atom is -0.382 e. The molecule has 0 aromatic heterocycles. The van der Waals surface area contributed by atoms with E-state index in [1.54, 1.807) is 12.1 Å². The van der Waals surface area contributed by atoms with Crippen LogP contribution in [0.25, 0.3) is 0 Å². The number of aliphatic hydroxyl groups is 1. The maximum atomic E-state index is 10.8. The number of non-ortho nitro benzene ring substituents is 1. The lowest BCUT2D eigenvalue weighted by Gasteiger charge is -2.18. The number of hydrogen-bond acceptors (Lipinski definition) is 3. The standard InChI is InChI=1S/C16H18N2O3/c1-17(11-13-6-3-2-4-7-13)12-16(19)14-8-5-9-15(10-14)18(20)21/h2-10,16,19H,11-12H2,1H3/p+1/t16-/m1/s1. The van der Waals surface area contributed by atoms with E-state index in [9.17, 15) is 15.2 Å². The Bertz CT molecular complexity index is 601. The molecule has 0 aliphatic carbocycles. The first-order valence-corrected chi connectivity index (χ1v) is 6.84. The van der Waals surface area contributed by atoms with Gasteiger partial charge >= 0.3 is 0 Å². The first kappa shape index (κ1) is 15.2. The number of nitro benzene ring substituents is 1. The summed E-state index contributed by atoms with van der Waals surface area (Å²) in [5.74, 6) is 0. The molecule has 0 aliphatic rings. The molecule has 2 rings (SSSR count). The summed E-state index contributed by atoms with van der Waals surface area (Å²) < 4.78 is 0. The van der Waals surface area contributed by atoms with Crippen LogP contribution in [0.3, 0.4) is 0 Å². The monoisotopic (exact) mass is 287 g/mol. The highest BCUT2D eigenvalue weighted by molar-refractivity contribution is 5.35. The fourth-order valence-corrected chi connectivity index (χ4v) is 2.31. The molecule has 0 amide bonds. The highest BCUT2D eigenvalue weighted by Gasteiger charge is 2.16. The van der Waals surface area contributed by atoms with Crippen molar-refractivity contribution in [1.29, 1.82) is 0 Å². The summed E-state index contributed by atoms with van der Waals surface area (Å²) in [4.78, 5) is 11.4. The van der Waals surface area contributed by atoms with Gasteiger partial charge < -0.3 is 10.0 Å². The van der Waals surface area contributed by atoms with E-state index in [1.807, 2.05) is 37.4 Å². The SMILES string of the molecule is C[NH+](Cc1ccccc1)C[C@@H](O)c1cccc([N+](=O)[O-])c1. The van der Waals surface area contributed by atoms with Gasteiger partial charge in [0.05, 0.1) is 12.0 Å². The molecule has 5 heteroatoms. The van der Waals surface area contributed by atoms with Crippen LogP contribution in [0.1, 0.15) is 17.2 Å². The number of hydrogen-bond donors (Lipinski definition) is 2. The Labute approximate surface area is 123 Å². The van der Waals surface area contributed by atoms with Gasteiger partial charge in [0.25, 0.3) is 5.69 Å². The van der Waals surface area contributed by atoms with Crippen molar-refractivity contribution >= 4 is 5.69 Å². The number of quaternary nitrogens is 1. The molecule has 110 valence electrons. The van der Waals surface area contributed by atoms with Crippen LogP contribution in [0.15, 0.2) is 54.6 Å². The Kier molecular flexibility index (Phi) is 5.03. The van der Waals surface area contributed by atoms with E-state index < -0.39 is 11.0 Å². The molecular formula is C16H19N2O3+. The maximum Gasteiger partial charge on any atom is 0.269 e. The van der Waals surface area contributed by atoms with Gasteiger partial charge in [0.1, 0.15) is 19.2 Å². The van der Waals surface area contributed by atoms with Crippen molar-refractivity contribution in [2.24, 2.45) is 0 Å². The molecule has 0 heterocycles. The van der Waals surface area contributed by atoms with E-state index >= 15 is 0 Å². The Morgan fingerprint density at radius 2 is 1.90 bits per heavy atom. The third kappa shape index (κ3) is 4.37. The molecule has 2 aromatic carbocycles. The lowest BCUT2D eigenvalue weighted by Crippen LogP contribution is -3.08. The van der Waals surface area contributed by atoms with Crippen molar-refractivity contribution in [3.05, 3.63) is 75.8 Å². The molecule has 0 saturated carbocycles. The molecule has 0 radical (unpaired) electrons. The summed E-state index contributed by atoms with van der Waals surface area (Å²) in [7, 11) is 1.99. The van der Waals surface area contributed by atoms with E-state index in [2.05, 4.69) is 0 Å². The number of aliphatic hydroxyl groups excluding tert-OH is 1. The molecule has 1 unspecified atom stereocenters. The van der Waals surface area contributed by atoms with Gasteiger partial charge in [-0.2, -0.15) is 0 Å². The summed E-state index contributed by atoms with van der Waals surface area (Å²) >= 11 is 0. The number of rotatable bonds is 6. The number of likely N-dealkylation sites (N-methyl/N-ethyl adjacent to an activating group) is 1. The molecule has 0 bridgehead atoms. The van der Waals surface area contributed by atoms with Gasteiger partial charge in [-0.05, 0) is 5.56 Å². The molecule has 21 heavy (non-hydrogen) atoms. The highest BCUT2D eigenvalue weighted by atomic mass is 16.6. The average molecular weight is 287 g/mol. The van der Waals surface area contributed by atoms with Crippen LogP contribution < -0.4 is 4.90 Å². The van der Waals surface area contributed by atoms with Crippen LogP contribution in [0.5, 0.6) is 0 Å². The Morgan fingerprint density at radius 3 is 2.57 bits per heavy atom. The first-order valence-electron chi connectivity index (χ1n) is 6.84. The zero-order valence-corrected chi connectivity index (χ0v) is 11.9. The fourth-order valence-electron chi connectivity index (χ4n) is 2.31. The van der Waals surface area contributed by atoms with Crippen molar-refractivity contribution in [3.63, 3.8) is 0 Å². The van der Waals surface area contributed by atoms with Crippen LogP contribution in [0, 0.1) is 10.1 Å². The lowest BCUT2D eigenvalue weighted by molar-refractivity contribution is -0.897. The Hall–Kier alpha value is -2.24.